The van der Waals surface area contributed by atoms with Crippen molar-refractivity contribution in [1.29, 1.82) is 0 Å². The van der Waals surface area contributed by atoms with E-state index in [1.54, 1.807) is 12.1 Å². The maximum atomic E-state index is 9.54. The molecule has 0 spiro atoms. The van der Waals surface area contributed by atoms with Gasteiger partial charge in [0.25, 0.3) is 0 Å². The normalized spacial score (nSPS) is 14.9. The average molecular weight is 218 g/mol. The second-order valence-electron chi connectivity index (χ2n) is 2.80. The molecule has 2 N–H and O–H groups in total. The van der Waals surface area contributed by atoms with Gasteiger partial charge in [-0.3, -0.25) is 0 Å². The molecule has 0 radical (unpaired) electrons. The summed E-state index contributed by atoms with van der Waals surface area (Å²) in [6.07, 6.45) is -0.544. The summed E-state index contributed by atoms with van der Waals surface area (Å²) in [5.41, 5.74) is 0.513. The fourth-order valence-corrected chi connectivity index (χ4v) is 1.16. The monoisotopic (exact) mass is 217 g/mol. The molecule has 2 unspecified atom stereocenters. The van der Waals surface area contributed by atoms with E-state index in [0.717, 1.165) is 0 Å². The second-order valence-corrected chi connectivity index (χ2v) is 3.11. The Morgan fingerprint density at radius 1 is 1.50 bits per heavy atom. The van der Waals surface area contributed by atoms with Crippen LogP contribution in [0.25, 0.3) is 0 Å². The van der Waals surface area contributed by atoms with Crippen LogP contribution in [-0.2, 0) is 0 Å². The van der Waals surface area contributed by atoms with Crippen molar-refractivity contribution in [3.8, 4) is 5.88 Å². The minimum absolute atomic E-state index is 0.0206. The zero-order chi connectivity index (χ0) is 10.6. The highest BCUT2D eigenvalue weighted by molar-refractivity contribution is 6.18. The van der Waals surface area contributed by atoms with E-state index in [1.807, 2.05) is 0 Å². The number of halogens is 1. The third kappa shape index (κ3) is 2.57. The predicted molar refractivity (Wildman–Crippen MR) is 52.5 cm³/mol. The molecule has 1 rings (SSSR count). The second kappa shape index (κ2) is 5.14. The molecule has 1 heterocycles. The molecule has 1 aromatic heterocycles. The van der Waals surface area contributed by atoms with Crippen LogP contribution in [-0.4, -0.2) is 34.3 Å². The first kappa shape index (κ1) is 11.2. The SMILES string of the molecule is COc1ccc(C(O)C(O)CCl)cn1. The molecule has 0 fully saturated rings. The van der Waals surface area contributed by atoms with Gasteiger partial charge in [-0.25, -0.2) is 4.98 Å². The lowest BCUT2D eigenvalue weighted by Crippen LogP contribution is -2.19. The van der Waals surface area contributed by atoms with Crippen molar-refractivity contribution >= 4 is 11.6 Å². The molecule has 0 aliphatic carbocycles. The summed E-state index contributed by atoms with van der Waals surface area (Å²) in [4.78, 5) is 3.90. The maximum Gasteiger partial charge on any atom is 0.212 e. The Morgan fingerprint density at radius 3 is 2.64 bits per heavy atom. The zero-order valence-electron chi connectivity index (χ0n) is 7.72. The van der Waals surface area contributed by atoms with Gasteiger partial charge in [0.2, 0.25) is 5.88 Å². The smallest absolute Gasteiger partial charge is 0.212 e. The van der Waals surface area contributed by atoms with Gasteiger partial charge in [0.15, 0.2) is 0 Å². The van der Waals surface area contributed by atoms with Crippen molar-refractivity contribution in [3.63, 3.8) is 0 Å². The standard InChI is InChI=1S/C9H12ClNO3/c1-14-8-3-2-6(5-11-8)9(13)7(12)4-10/h2-3,5,7,9,12-13H,4H2,1H3. The van der Waals surface area contributed by atoms with Crippen molar-refractivity contribution in [3.05, 3.63) is 23.9 Å². The van der Waals surface area contributed by atoms with Crippen molar-refractivity contribution in [2.24, 2.45) is 0 Å². The highest BCUT2D eigenvalue weighted by Gasteiger charge is 2.17. The number of aliphatic hydroxyl groups is 2. The summed E-state index contributed by atoms with van der Waals surface area (Å²) >= 11 is 5.40. The lowest BCUT2D eigenvalue weighted by molar-refractivity contribution is 0.0324. The minimum Gasteiger partial charge on any atom is -0.481 e. The van der Waals surface area contributed by atoms with E-state index in [4.69, 9.17) is 16.3 Å². The Hall–Kier alpha value is -0.840. The van der Waals surface area contributed by atoms with Crippen LogP contribution >= 0.6 is 11.6 Å². The van der Waals surface area contributed by atoms with E-state index >= 15 is 0 Å². The largest absolute Gasteiger partial charge is 0.481 e. The lowest BCUT2D eigenvalue weighted by atomic mass is 10.1. The highest BCUT2D eigenvalue weighted by Crippen LogP contribution is 2.18. The van der Waals surface area contributed by atoms with Gasteiger partial charge < -0.3 is 14.9 Å². The summed E-state index contributed by atoms with van der Waals surface area (Å²) < 4.78 is 4.85. The topological polar surface area (TPSA) is 62.6 Å². The molecule has 0 saturated carbocycles. The zero-order valence-corrected chi connectivity index (χ0v) is 8.48. The molecule has 0 aliphatic rings. The maximum absolute atomic E-state index is 9.54. The van der Waals surface area contributed by atoms with E-state index in [9.17, 15) is 10.2 Å². The molecular weight excluding hydrogens is 206 g/mol. The van der Waals surface area contributed by atoms with Gasteiger partial charge in [0.1, 0.15) is 6.10 Å². The molecule has 14 heavy (non-hydrogen) atoms. The predicted octanol–water partition coefficient (Wildman–Crippen LogP) is 0.723. The van der Waals surface area contributed by atoms with Crippen molar-refractivity contribution in [2.45, 2.75) is 12.2 Å². The number of nitrogens with zero attached hydrogens (tertiary/aromatic N) is 1. The van der Waals surface area contributed by atoms with Gasteiger partial charge in [0, 0.05) is 17.8 Å². The lowest BCUT2D eigenvalue weighted by Gasteiger charge is -2.15. The van der Waals surface area contributed by atoms with Crippen LogP contribution < -0.4 is 4.74 Å². The van der Waals surface area contributed by atoms with Crippen LogP contribution in [0.5, 0.6) is 5.88 Å². The molecule has 0 aromatic carbocycles. The first-order valence-corrected chi connectivity index (χ1v) is 4.64. The summed E-state index contributed by atoms with van der Waals surface area (Å²) in [7, 11) is 1.51. The number of aromatic nitrogens is 1. The summed E-state index contributed by atoms with van der Waals surface area (Å²) in [6, 6.07) is 3.24. The molecule has 0 saturated heterocycles. The van der Waals surface area contributed by atoms with Crippen LogP contribution in [0, 0.1) is 0 Å². The molecular formula is C9H12ClNO3. The van der Waals surface area contributed by atoms with Crippen LogP contribution in [0.15, 0.2) is 18.3 Å². The Bertz CT molecular complexity index is 278. The van der Waals surface area contributed by atoms with Gasteiger partial charge in [-0.2, -0.15) is 0 Å². The molecule has 2 atom stereocenters. The molecule has 0 aliphatic heterocycles. The number of methoxy groups -OCH3 is 1. The fourth-order valence-electron chi connectivity index (χ4n) is 0.994. The third-order valence-electron chi connectivity index (χ3n) is 1.83. The molecule has 4 nitrogen and oxygen atoms in total. The van der Waals surface area contributed by atoms with Crippen LogP contribution in [0.4, 0.5) is 0 Å². The van der Waals surface area contributed by atoms with E-state index in [-0.39, 0.29) is 5.88 Å². The fraction of sp³-hybridized carbons (Fsp3) is 0.444. The van der Waals surface area contributed by atoms with E-state index < -0.39 is 12.2 Å². The molecule has 78 valence electrons. The van der Waals surface area contributed by atoms with Gasteiger partial charge in [-0.1, -0.05) is 0 Å². The Labute approximate surface area is 87.1 Å². The number of ether oxygens (including phenoxy) is 1. The Balaban J connectivity index is 2.75. The summed E-state index contributed by atoms with van der Waals surface area (Å²) in [5.74, 6) is 0.439. The van der Waals surface area contributed by atoms with Crippen molar-refractivity contribution in [1.82, 2.24) is 4.98 Å². The van der Waals surface area contributed by atoms with Crippen LogP contribution in [0.3, 0.4) is 0 Å². The third-order valence-corrected chi connectivity index (χ3v) is 2.15. The van der Waals surface area contributed by atoms with Crippen LogP contribution in [0.1, 0.15) is 11.7 Å². The van der Waals surface area contributed by atoms with Gasteiger partial charge in [-0.15, -0.1) is 11.6 Å². The summed E-state index contributed by atoms with van der Waals surface area (Å²) in [5, 5.41) is 18.8. The number of alkyl halides is 1. The molecule has 1 aromatic rings. The van der Waals surface area contributed by atoms with Gasteiger partial charge in [-0.05, 0) is 6.07 Å². The molecule has 0 bridgehead atoms. The number of pyridine rings is 1. The summed E-state index contributed by atoms with van der Waals surface area (Å²) in [6.45, 7) is 0. The highest BCUT2D eigenvalue weighted by atomic mass is 35.5. The first-order chi connectivity index (χ1) is 6.69. The molecule has 0 amide bonds. The number of hydrogen-bond acceptors (Lipinski definition) is 4. The number of aliphatic hydroxyl groups excluding tert-OH is 2. The van der Waals surface area contributed by atoms with Crippen LogP contribution in [0.2, 0.25) is 0 Å². The first-order valence-electron chi connectivity index (χ1n) is 4.11. The Kier molecular flexibility index (Phi) is 4.13. The Morgan fingerprint density at radius 2 is 2.21 bits per heavy atom. The van der Waals surface area contributed by atoms with Crippen molar-refractivity contribution < 1.29 is 14.9 Å². The number of hydrogen-bond donors (Lipinski definition) is 2. The minimum atomic E-state index is -1.01. The van der Waals surface area contributed by atoms with Gasteiger partial charge in [0.05, 0.1) is 19.1 Å². The average Bonchev–Trinajstić information content (AvgIpc) is 2.27. The quantitative estimate of drug-likeness (QED) is 0.730. The van der Waals surface area contributed by atoms with Gasteiger partial charge >= 0.3 is 0 Å². The van der Waals surface area contributed by atoms with E-state index in [2.05, 4.69) is 4.98 Å². The molecule has 5 heteroatoms. The number of rotatable bonds is 4. The van der Waals surface area contributed by atoms with E-state index in [1.165, 1.54) is 13.3 Å². The van der Waals surface area contributed by atoms with Crippen molar-refractivity contribution in [2.75, 3.05) is 13.0 Å². The van der Waals surface area contributed by atoms with E-state index in [0.29, 0.717) is 11.4 Å².